The van der Waals surface area contributed by atoms with Crippen LogP contribution in [0.5, 0.6) is 0 Å². The highest BCUT2D eigenvalue weighted by Gasteiger charge is 2.53. The maximum Gasteiger partial charge on any atom is 0.206 e. The summed E-state index contributed by atoms with van der Waals surface area (Å²) in [6, 6.07) is 0. The van der Waals surface area contributed by atoms with Crippen LogP contribution in [0.2, 0.25) is 0 Å². The van der Waals surface area contributed by atoms with Gasteiger partial charge in [-0.25, -0.2) is 0 Å². The lowest BCUT2D eigenvalue weighted by atomic mass is 9.81. The fourth-order valence-electron chi connectivity index (χ4n) is 3.69. The van der Waals surface area contributed by atoms with E-state index in [2.05, 4.69) is 26.2 Å². The van der Waals surface area contributed by atoms with Gasteiger partial charge in [-0.15, -0.1) is 0 Å². The van der Waals surface area contributed by atoms with Gasteiger partial charge in [0, 0.05) is 5.92 Å². The predicted molar refractivity (Wildman–Crippen MR) is 67.6 cm³/mol. The SMILES string of the molecule is C=C1O[C@@H]2[C@H]3C(C)=CC[C@H]3C(=C)C[C@@H](O)[C@H]2C1=O. The molecular weight excluding hydrogens is 228 g/mol. The zero-order valence-corrected chi connectivity index (χ0v) is 10.6. The molecule has 1 aliphatic heterocycles. The van der Waals surface area contributed by atoms with Gasteiger partial charge in [-0.05, 0) is 25.7 Å². The number of carbonyl (C=O) groups is 1. The van der Waals surface area contributed by atoms with Crippen molar-refractivity contribution in [2.24, 2.45) is 17.8 Å². The lowest BCUT2D eigenvalue weighted by Crippen LogP contribution is -2.36. The summed E-state index contributed by atoms with van der Waals surface area (Å²) in [5, 5.41) is 10.2. The van der Waals surface area contributed by atoms with Gasteiger partial charge in [0.05, 0.1) is 12.0 Å². The number of Topliss-reactive ketones (excluding diaryl/α,β-unsaturated/α-hetero) is 1. The Bertz CT molecular complexity index is 474. The van der Waals surface area contributed by atoms with Crippen molar-refractivity contribution in [3.63, 3.8) is 0 Å². The Labute approximate surface area is 107 Å². The highest BCUT2D eigenvalue weighted by molar-refractivity contribution is 5.97. The third-order valence-electron chi connectivity index (χ3n) is 4.63. The van der Waals surface area contributed by atoms with Crippen molar-refractivity contribution in [3.8, 4) is 0 Å². The number of carbonyl (C=O) groups excluding carboxylic acids is 1. The fourth-order valence-corrected chi connectivity index (χ4v) is 3.69. The predicted octanol–water partition coefficient (Wildman–Crippen LogP) is 1.99. The molecule has 0 bridgehead atoms. The number of aliphatic hydroxyl groups excluding tert-OH is 1. The van der Waals surface area contributed by atoms with Gasteiger partial charge in [0.25, 0.3) is 0 Å². The molecule has 0 radical (unpaired) electrons. The molecule has 0 unspecified atom stereocenters. The number of ether oxygens (including phenoxy) is 1. The molecule has 1 N–H and O–H groups in total. The summed E-state index contributed by atoms with van der Waals surface area (Å²) >= 11 is 0. The van der Waals surface area contributed by atoms with Gasteiger partial charge in [0.2, 0.25) is 5.78 Å². The van der Waals surface area contributed by atoms with Crippen LogP contribution in [0.3, 0.4) is 0 Å². The highest BCUT2D eigenvalue weighted by atomic mass is 16.5. The number of hydrogen-bond acceptors (Lipinski definition) is 3. The van der Waals surface area contributed by atoms with E-state index in [-0.39, 0.29) is 23.6 Å². The van der Waals surface area contributed by atoms with E-state index >= 15 is 0 Å². The molecule has 18 heavy (non-hydrogen) atoms. The van der Waals surface area contributed by atoms with Crippen LogP contribution in [0.4, 0.5) is 0 Å². The minimum Gasteiger partial charge on any atom is -0.486 e. The van der Waals surface area contributed by atoms with Gasteiger partial charge in [0.15, 0.2) is 5.76 Å². The van der Waals surface area contributed by atoms with Gasteiger partial charge in [-0.3, -0.25) is 4.79 Å². The van der Waals surface area contributed by atoms with Crippen molar-refractivity contribution in [1.82, 2.24) is 0 Å². The normalized spacial score (nSPS) is 43.1. The molecule has 0 aromatic rings. The monoisotopic (exact) mass is 246 g/mol. The van der Waals surface area contributed by atoms with Crippen LogP contribution < -0.4 is 0 Å². The third kappa shape index (κ3) is 1.43. The summed E-state index contributed by atoms with van der Waals surface area (Å²) in [4.78, 5) is 12.1. The molecular formula is C15H18O3. The molecule has 1 heterocycles. The zero-order valence-electron chi connectivity index (χ0n) is 10.6. The Morgan fingerprint density at radius 2 is 2.11 bits per heavy atom. The first-order chi connectivity index (χ1) is 8.50. The third-order valence-corrected chi connectivity index (χ3v) is 4.63. The summed E-state index contributed by atoms with van der Waals surface area (Å²) in [7, 11) is 0. The van der Waals surface area contributed by atoms with Gasteiger partial charge >= 0.3 is 0 Å². The number of fused-ring (bicyclic) bond motifs is 3. The average Bonchev–Trinajstić information content (AvgIpc) is 2.77. The van der Waals surface area contributed by atoms with E-state index < -0.39 is 12.0 Å². The van der Waals surface area contributed by atoms with Crippen LogP contribution in [-0.2, 0) is 9.53 Å². The topological polar surface area (TPSA) is 46.5 Å². The lowest BCUT2D eigenvalue weighted by molar-refractivity contribution is -0.121. The van der Waals surface area contributed by atoms with Crippen LogP contribution in [0.1, 0.15) is 19.8 Å². The second-order valence-corrected chi connectivity index (χ2v) is 5.64. The van der Waals surface area contributed by atoms with Crippen LogP contribution in [0.25, 0.3) is 0 Å². The first-order valence-electron chi connectivity index (χ1n) is 6.43. The van der Waals surface area contributed by atoms with E-state index in [1.807, 2.05) is 0 Å². The molecule has 1 saturated heterocycles. The molecule has 0 aromatic heterocycles. The second kappa shape index (κ2) is 3.82. The Morgan fingerprint density at radius 3 is 2.83 bits per heavy atom. The summed E-state index contributed by atoms with van der Waals surface area (Å²) in [5.74, 6) is 0.0672. The summed E-state index contributed by atoms with van der Waals surface area (Å²) < 4.78 is 5.67. The molecule has 0 amide bonds. The Balaban J connectivity index is 2.05. The average molecular weight is 246 g/mol. The second-order valence-electron chi connectivity index (χ2n) is 5.64. The zero-order chi connectivity index (χ0) is 13.0. The molecule has 3 heteroatoms. The largest absolute Gasteiger partial charge is 0.486 e. The van der Waals surface area contributed by atoms with E-state index in [0.717, 1.165) is 12.0 Å². The molecule has 0 aromatic carbocycles. The van der Waals surface area contributed by atoms with Crippen molar-refractivity contribution >= 4 is 5.78 Å². The molecule has 3 aliphatic rings. The smallest absolute Gasteiger partial charge is 0.206 e. The number of hydrogen-bond donors (Lipinski definition) is 1. The summed E-state index contributed by atoms with van der Waals surface area (Å²) in [6.45, 7) is 9.82. The maximum atomic E-state index is 12.1. The van der Waals surface area contributed by atoms with Crippen molar-refractivity contribution in [2.45, 2.75) is 32.0 Å². The molecule has 1 saturated carbocycles. The molecule has 5 atom stereocenters. The number of ketones is 1. The minimum atomic E-state index is -0.687. The van der Waals surface area contributed by atoms with Crippen LogP contribution in [0, 0.1) is 17.8 Å². The first-order valence-corrected chi connectivity index (χ1v) is 6.43. The Morgan fingerprint density at radius 1 is 1.39 bits per heavy atom. The quantitative estimate of drug-likeness (QED) is 0.525. The van der Waals surface area contributed by atoms with E-state index in [9.17, 15) is 9.90 Å². The van der Waals surface area contributed by atoms with Crippen molar-refractivity contribution in [2.75, 3.05) is 0 Å². The maximum absolute atomic E-state index is 12.1. The fraction of sp³-hybridized carbons (Fsp3) is 0.533. The van der Waals surface area contributed by atoms with E-state index in [0.29, 0.717) is 12.3 Å². The molecule has 0 spiro atoms. The Kier molecular flexibility index (Phi) is 2.49. The van der Waals surface area contributed by atoms with Crippen molar-refractivity contribution in [1.29, 1.82) is 0 Å². The standard InChI is InChI=1S/C15H18O3/c1-7-4-5-10-8(2)6-11(16)13-14(17)9(3)18-15(13)12(7)10/h4,10-13,15-16H,2-3,5-6H2,1H3/t10-,11+,12-,13-,15+/m0/s1. The van der Waals surface area contributed by atoms with Gasteiger partial charge in [-0.2, -0.15) is 0 Å². The number of aliphatic hydroxyl groups is 1. The van der Waals surface area contributed by atoms with Crippen LogP contribution >= 0.6 is 0 Å². The van der Waals surface area contributed by atoms with Crippen LogP contribution in [-0.4, -0.2) is 23.1 Å². The van der Waals surface area contributed by atoms with E-state index in [1.54, 1.807) is 0 Å². The van der Waals surface area contributed by atoms with Crippen molar-refractivity contribution in [3.05, 3.63) is 36.1 Å². The van der Waals surface area contributed by atoms with Gasteiger partial charge in [-0.1, -0.05) is 30.4 Å². The molecule has 3 nitrogen and oxygen atoms in total. The van der Waals surface area contributed by atoms with Gasteiger partial charge < -0.3 is 9.84 Å². The number of allylic oxidation sites excluding steroid dienone is 2. The highest BCUT2D eigenvalue weighted by Crippen LogP contribution is 2.49. The summed E-state index contributed by atoms with van der Waals surface area (Å²) in [6.07, 6.45) is 2.68. The van der Waals surface area contributed by atoms with E-state index in [1.165, 1.54) is 5.57 Å². The Hall–Kier alpha value is -1.35. The van der Waals surface area contributed by atoms with Crippen LogP contribution in [0.15, 0.2) is 36.1 Å². The van der Waals surface area contributed by atoms with Crippen molar-refractivity contribution < 1.29 is 14.6 Å². The summed E-state index contributed by atoms with van der Waals surface area (Å²) in [5.41, 5.74) is 2.28. The molecule has 3 rings (SSSR count). The number of rotatable bonds is 0. The molecule has 2 aliphatic carbocycles. The molecule has 2 fully saturated rings. The molecule has 96 valence electrons. The van der Waals surface area contributed by atoms with E-state index in [4.69, 9.17) is 4.74 Å². The minimum absolute atomic E-state index is 0.138. The van der Waals surface area contributed by atoms with Gasteiger partial charge in [0.1, 0.15) is 6.10 Å². The lowest BCUT2D eigenvalue weighted by Gasteiger charge is -2.27. The first kappa shape index (κ1) is 11.7.